The Morgan fingerprint density at radius 1 is 0.974 bits per heavy atom. The number of hydrogen-bond acceptors (Lipinski definition) is 7. The molecule has 0 saturated carbocycles. The van der Waals surface area contributed by atoms with Gasteiger partial charge in [-0.25, -0.2) is 31.7 Å². The lowest BCUT2D eigenvalue weighted by atomic mass is 10.0. The predicted molar refractivity (Wildman–Crippen MR) is 143 cm³/mol. The molecule has 12 heteroatoms. The molecule has 0 radical (unpaired) electrons. The first-order chi connectivity index (χ1) is 18.6. The molecule has 0 aliphatic rings. The fraction of sp³-hybridized carbons (Fsp3) is 0.0741. The highest BCUT2D eigenvalue weighted by atomic mass is 32.2. The number of benzene rings is 3. The summed E-state index contributed by atoms with van der Waals surface area (Å²) in [6, 6.07) is 17.4. The maximum absolute atomic E-state index is 14.4. The summed E-state index contributed by atoms with van der Waals surface area (Å²) in [6.45, 7) is 0. The molecule has 0 unspecified atom stereocenters. The van der Waals surface area contributed by atoms with Gasteiger partial charge in [-0.1, -0.05) is 24.3 Å². The highest BCUT2D eigenvalue weighted by molar-refractivity contribution is 7.92. The fourth-order valence-corrected chi connectivity index (χ4v) is 5.38. The number of para-hydroxylation sites is 1. The fourth-order valence-electron chi connectivity index (χ4n) is 4.15. The number of fused-ring (bicyclic) bond motifs is 1. The van der Waals surface area contributed by atoms with E-state index in [2.05, 4.69) is 9.97 Å². The Hall–Kier alpha value is -4.84. The average molecular weight is 550 g/mol. The van der Waals surface area contributed by atoms with E-state index in [0.29, 0.717) is 28.4 Å². The van der Waals surface area contributed by atoms with Gasteiger partial charge in [0.15, 0.2) is 0 Å². The van der Waals surface area contributed by atoms with Crippen LogP contribution in [-0.4, -0.2) is 37.1 Å². The molecule has 0 saturated heterocycles. The lowest BCUT2D eigenvalue weighted by Gasteiger charge is -2.22. The van der Waals surface area contributed by atoms with Crippen molar-refractivity contribution in [3.63, 3.8) is 0 Å². The van der Waals surface area contributed by atoms with Crippen LogP contribution in [0.2, 0.25) is 0 Å². The van der Waals surface area contributed by atoms with Crippen LogP contribution < -0.4 is 20.3 Å². The van der Waals surface area contributed by atoms with Crippen LogP contribution in [-0.2, 0) is 10.0 Å². The van der Waals surface area contributed by atoms with Crippen molar-refractivity contribution in [2.75, 3.05) is 24.2 Å². The molecule has 3 aromatic carbocycles. The molecule has 2 aromatic heterocycles. The molecule has 0 bridgehead atoms. The highest BCUT2D eigenvalue weighted by Crippen LogP contribution is 2.34. The molecule has 39 heavy (non-hydrogen) atoms. The molecule has 9 nitrogen and oxygen atoms in total. The maximum atomic E-state index is 14.4. The Balaban J connectivity index is 1.63. The smallest absolute Gasteiger partial charge is 0.267 e. The van der Waals surface area contributed by atoms with Crippen LogP contribution in [0.4, 0.5) is 20.4 Å². The molecule has 0 aliphatic heterocycles. The van der Waals surface area contributed by atoms with Gasteiger partial charge in [0.1, 0.15) is 22.2 Å². The molecule has 0 spiro atoms. The van der Waals surface area contributed by atoms with Gasteiger partial charge in [-0.05, 0) is 48.0 Å². The van der Waals surface area contributed by atoms with Crippen molar-refractivity contribution in [1.82, 2.24) is 14.5 Å². The van der Waals surface area contributed by atoms with Gasteiger partial charge in [0.2, 0.25) is 11.8 Å². The van der Waals surface area contributed by atoms with Crippen molar-refractivity contribution < 1.29 is 21.9 Å². The monoisotopic (exact) mass is 549 g/mol. The van der Waals surface area contributed by atoms with Crippen LogP contribution in [0.5, 0.6) is 5.88 Å². The number of ether oxygens (including phenoxy) is 1. The number of rotatable bonds is 6. The number of hydrogen-bond donors (Lipinski definition) is 1. The zero-order chi connectivity index (χ0) is 27.9. The topological polar surface area (TPSA) is 120 Å². The molecule has 0 atom stereocenters. The van der Waals surface area contributed by atoms with Crippen molar-refractivity contribution in [2.24, 2.45) is 0 Å². The van der Waals surface area contributed by atoms with Crippen LogP contribution in [0.3, 0.4) is 0 Å². The van der Waals surface area contributed by atoms with E-state index in [1.807, 2.05) is 6.07 Å². The number of nitrogens with zero attached hydrogens (tertiary/aromatic N) is 4. The van der Waals surface area contributed by atoms with Gasteiger partial charge in [-0.15, -0.1) is 0 Å². The quantitative estimate of drug-likeness (QED) is 0.338. The standard InChI is InChI=1S/C27H21F2N5O4S/c1-33(39(36,37)24-11-9-18(28)14-21(24)29)23-13-17(15-31-25(23)38-2)16-8-10-22-20(12-16)26(35)34(27(30)32-22)19-6-4-3-5-7-19/h3-15H,1-2H3,(H2,30,32). The third-order valence-corrected chi connectivity index (χ3v) is 7.94. The van der Waals surface area contributed by atoms with E-state index in [-0.39, 0.29) is 22.9 Å². The lowest BCUT2D eigenvalue weighted by Crippen LogP contribution is -2.28. The van der Waals surface area contributed by atoms with E-state index in [4.69, 9.17) is 10.5 Å². The number of anilines is 2. The second kappa shape index (κ2) is 9.80. The zero-order valence-corrected chi connectivity index (χ0v) is 21.5. The summed E-state index contributed by atoms with van der Waals surface area (Å²) < 4.78 is 61.6. The normalized spacial score (nSPS) is 11.5. The summed E-state index contributed by atoms with van der Waals surface area (Å²) in [5.74, 6) is -2.16. The van der Waals surface area contributed by atoms with E-state index in [9.17, 15) is 22.0 Å². The van der Waals surface area contributed by atoms with Crippen molar-refractivity contribution >= 4 is 32.6 Å². The molecular formula is C27H21F2N5O4S. The number of halogens is 2. The van der Waals surface area contributed by atoms with Gasteiger partial charge in [0.25, 0.3) is 15.6 Å². The summed E-state index contributed by atoms with van der Waals surface area (Å²) >= 11 is 0. The third kappa shape index (κ3) is 4.55. The van der Waals surface area contributed by atoms with E-state index in [0.717, 1.165) is 16.4 Å². The van der Waals surface area contributed by atoms with E-state index in [1.165, 1.54) is 31.0 Å². The van der Waals surface area contributed by atoms with E-state index >= 15 is 0 Å². The van der Waals surface area contributed by atoms with Gasteiger partial charge in [-0.3, -0.25) is 9.10 Å². The predicted octanol–water partition coefficient (Wildman–Crippen LogP) is 4.14. The Kier molecular flexibility index (Phi) is 6.48. The minimum atomic E-state index is -4.46. The van der Waals surface area contributed by atoms with Gasteiger partial charge >= 0.3 is 0 Å². The van der Waals surface area contributed by atoms with Gasteiger partial charge in [-0.2, -0.15) is 0 Å². The maximum Gasteiger partial charge on any atom is 0.267 e. The molecule has 5 aromatic rings. The van der Waals surface area contributed by atoms with Gasteiger partial charge in [0, 0.05) is 24.9 Å². The second-order valence-electron chi connectivity index (χ2n) is 8.48. The third-order valence-electron chi connectivity index (χ3n) is 6.14. The van der Waals surface area contributed by atoms with E-state index < -0.39 is 32.1 Å². The molecule has 0 aliphatic carbocycles. The molecule has 198 valence electrons. The summed E-state index contributed by atoms with van der Waals surface area (Å²) in [4.78, 5) is 21.3. The summed E-state index contributed by atoms with van der Waals surface area (Å²) in [5, 5.41) is 0.275. The van der Waals surface area contributed by atoms with Crippen molar-refractivity contribution in [2.45, 2.75) is 4.90 Å². The van der Waals surface area contributed by atoms with Crippen LogP contribution in [0.15, 0.2) is 88.7 Å². The average Bonchev–Trinajstić information content (AvgIpc) is 2.92. The first-order valence-electron chi connectivity index (χ1n) is 11.5. The summed E-state index contributed by atoms with van der Waals surface area (Å²) in [5.41, 5.74) is 7.58. The number of pyridine rings is 1. The number of nitrogens with two attached hydrogens (primary N) is 1. The number of sulfonamides is 1. The van der Waals surface area contributed by atoms with Crippen LogP contribution in [0.1, 0.15) is 0 Å². The second-order valence-corrected chi connectivity index (χ2v) is 10.4. The number of aromatic nitrogens is 3. The van der Waals surface area contributed by atoms with Crippen LogP contribution in [0.25, 0.3) is 27.7 Å². The minimum Gasteiger partial charge on any atom is -0.479 e. The Labute approximate surface area is 221 Å². The molecule has 0 amide bonds. The minimum absolute atomic E-state index is 0.00375. The van der Waals surface area contributed by atoms with Crippen LogP contribution >= 0.6 is 0 Å². The van der Waals surface area contributed by atoms with Gasteiger partial charge in [0.05, 0.1) is 23.7 Å². The van der Waals surface area contributed by atoms with Crippen molar-refractivity contribution in [1.29, 1.82) is 0 Å². The zero-order valence-electron chi connectivity index (χ0n) is 20.7. The Morgan fingerprint density at radius 3 is 2.41 bits per heavy atom. The molecule has 2 heterocycles. The molecule has 0 fully saturated rings. The first kappa shape index (κ1) is 25.8. The first-order valence-corrected chi connectivity index (χ1v) is 12.9. The number of nitrogen functional groups attached to an aromatic ring is 1. The molecule has 2 N–H and O–H groups in total. The Morgan fingerprint density at radius 2 is 1.72 bits per heavy atom. The molecular weight excluding hydrogens is 528 g/mol. The lowest BCUT2D eigenvalue weighted by molar-refractivity contribution is 0.399. The summed E-state index contributed by atoms with van der Waals surface area (Å²) in [7, 11) is -1.95. The van der Waals surface area contributed by atoms with E-state index in [1.54, 1.807) is 42.5 Å². The van der Waals surface area contributed by atoms with Crippen molar-refractivity contribution in [3.8, 4) is 22.7 Å². The summed E-state index contributed by atoms with van der Waals surface area (Å²) in [6.07, 6.45) is 1.45. The van der Waals surface area contributed by atoms with Crippen molar-refractivity contribution in [3.05, 3.63) is 101 Å². The Bertz CT molecular complexity index is 1900. The number of methoxy groups -OCH3 is 1. The van der Waals surface area contributed by atoms with Crippen LogP contribution in [0, 0.1) is 11.6 Å². The molecule has 5 rings (SSSR count). The van der Waals surface area contributed by atoms with Gasteiger partial charge < -0.3 is 10.5 Å². The largest absolute Gasteiger partial charge is 0.479 e. The highest BCUT2D eigenvalue weighted by Gasteiger charge is 2.28. The SMILES string of the molecule is COc1ncc(-c2ccc3nc(N)n(-c4ccccc4)c(=O)c3c2)cc1N(C)S(=O)(=O)c1ccc(F)cc1F.